The maximum absolute atomic E-state index is 4.40. The van der Waals surface area contributed by atoms with E-state index in [0.717, 1.165) is 16.9 Å². The van der Waals surface area contributed by atoms with Crippen LogP contribution in [-0.4, -0.2) is 14.5 Å². The van der Waals surface area contributed by atoms with Crippen LogP contribution in [0.3, 0.4) is 0 Å². The summed E-state index contributed by atoms with van der Waals surface area (Å²) in [6, 6.07) is 18.5. The highest BCUT2D eigenvalue weighted by atomic mass is 15.0. The van der Waals surface area contributed by atoms with Crippen LogP contribution < -0.4 is 0 Å². The molecule has 0 aliphatic heterocycles. The maximum Gasteiger partial charge on any atom is 0.0702 e. The Bertz CT molecular complexity index is 880. The Kier molecular flexibility index (Phi) is 2.75. The summed E-state index contributed by atoms with van der Waals surface area (Å²) < 4.78 is 2.14. The highest BCUT2D eigenvalue weighted by molar-refractivity contribution is 5.86. The summed E-state index contributed by atoms with van der Waals surface area (Å²) in [5.41, 5.74) is 4.36. The molecule has 0 bridgehead atoms. The molecule has 0 fully saturated rings. The van der Waals surface area contributed by atoms with Gasteiger partial charge in [0.05, 0.1) is 23.1 Å². The molecule has 0 unspecified atom stereocenters. The Labute approximate surface area is 122 Å². The molecule has 3 nitrogen and oxygen atoms in total. The molecule has 1 aromatic carbocycles. The van der Waals surface area contributed by atoms with Crippen molar-refractivity contribution in [1.29, 1.82) is 0 Å². The van der Waals surface area contributed by atoms with Crippen LogP contribution in [0.15, 0.2) is 79.4 Å². The number of hydrogen-bond donors (Lipinski definition) is 0. The van der Waals surface area contributed by atoms with Crippen LogP contribution in [0, 0.1) is 0 Å². The van der Waals surface area contributed by atoms with Gasteiger partial charge in [-0.15, -0.1) is 0 Å². The van der Waals surface area contributed by atoms with Crippen LogP contribution in [-0.2, 0) is 0 Å². The SMILES string of the molecule is c1ccc(-c2ccc3c(ccn3-c3cccnc3)c2)nc1. The van der Waals surface area contributed by atoms with Crippen molar-refractivity contribution in [1.82, 2.24) is 14.5 Å². The van der Waals surface area contributed by atoms with E-state index in [2.05, 4.69) is 51.1 Å². The lowest BCUT2D eigenvalue weighted by Gasteiger charge is -2.05. The molecule has 3 aromatic heterocycles. The maximum atomic E-state index is 4.40. The van der Waals surface area contributed by atoms with E-state index in [4.69, 9.17) is 0 Å². The third kappa shape index (κ3) is 2.09. The van der Waals surface area contributed by atoms with Crippen molar-refractivity contribution in [3.63, 3.8) is 0 Å². The van der Waals surface area contributed by atoms with E-state index < -0.39 is 0 Å². The van der Waals surface area contributed by atoms with Gasteiger partial charge in [0.1, 0.15) is 0 Å². The molecule has 100 valence electrons. The molecular weight excluding hydrogens is 258 g/mol. The molecule has 0 atom stereocenters. The zero-order valence-corrected chi connectivity index (χ0v) is 11.3. The molecule has 0 N–H and O–H groups in total. The predicted molar refractivity (Wildman–Crippen MR) is 84.3 cm³/mol. The largest absolute Gasteiger partial charge is 0.315 e. The van der Waals surface area contributed by atoms with Crippen molar-refractivity contribution in [3.05, 3.63) is 79.4 Å². The summed E-state index contributed by atoms with van der Waals surface area (Å²) in [5, 5.41) is 1.20. The average molecular weight is 271 g/mol. The molecule has 0 radical (unpaired) electrons. The number of fused-ring (bicyclic) bond motifs is 1. The highest BCUT2D eigenvalue weighted by Gasteiger charge is 2.05. The molecule has 0 spiro atoms. The molecule has 0 aliphatic rings. The Hall–Kier alpha value is -2.94. The van der Waals surface area contributed by atoms with Crippen molar-refractivity contribution in [2.24, 2.45) is 0 Å². The number of aromatic nitrogens is 3. The van der Waals surface area contributed by atoms with Gasteiger partial charge in [0.25, 0.3) is 0 Å². The van der Waals surface area contributed by atoms with Crippen LogP contribution in [0.4, 0.5) is 0 Å². The molecule has 0 aliphatic carbocycles. The summed E-state index contributed by atoms with van der Waals surface area (Å²) in [7, 11) is 0. The first-order chi connectivity index (χ1) is 10.4. The summed E-state index contributed by atoms with van der Waals surface area (Å²) in [6.07, 6.45) is 7.55. The lowest BCUT2D eigenvalue weighted by molar-refractivity contribution is 1.10. The second-order valence-electron chi connectivity index (χ2n) is 4.89. The van der Waals surface area contributed by atoms with Gasteiger partial charge in [-0.2, -0.15) is 0 Å². The molecule has 0 saturated heterocycles. The van der Waals surface area contributed by atoms with Gasteiger partial charge in [-0.1, -0.05) is 12.1 Å². The third-order valence-electron chi connectivity index (χ3n) is 3.57. The summed E-state index contributed by atoms with van der Waals surface area (Å²) in [4.78, 5) is 8.59. The molecule has 3 heteroatoms. The van der Waals surface area contributed by atoms with Gasteiger partial charge in [-0.05, 0) is 42.5 Å². The second-order valence-corrected chi connectivity index (χ2v) is 4.89. The Morgan fingerprint density at radius 1 is 0.857 bits per heavy atom. The second kappa shape index (κ2) is 4.87. The Balaban J connectivity index is 1.85. The van der Waals surface area contributed by atoms with Crippen LogP contribution in [0.1, 0.15) is 0 Å². The summed E-state index contributed by atoms with van der Waals surface area (Å²) in [6.45, 7) is 0. The van der Waals surface area contributed by atoms with Gasteiger partial charge in [0.2, 0.25) is 0 Å². The van der Waals surface area contributed by atoms with Crippen LogP contribution in [0.2, 0.25) is 0 Å². The Morgan fingerprint density at radius 2 is 1.86 bits per heavy atom. The molecule has 21 heavy (non-hydrogen) atoms. The first-order valence-electron chi connectivity index (χ1n) is 6.85. The summed E-state index contributed by atoms with van der Waals surface area (Å²) >= 11 is 0. The quantitative estimate of drug-likeness (QED) is 0.550. The zero-order chi connectivity index (χ0) is 14.1. The molecule has 0 saturated carbocycles. The first kappa shape index (κ1) is 11.9. The van der Waals surface area contributed by atoms with Crippen LogP contribution in [0.25, 0.3) is 27.8 Å². The number of benzene rings is 1. The van der Waals surface area contributed by atoms with Crippen LogP contribution >= 0.6 is 0 Å². The van der Waals surface area contributed by atoms with Gasteiger partial charge >= 0.3 is 0 Å². The number of pyridine rings is 2. The minimum Gasteiger partial charge on any atom is -0.315 e. The normalized spacial score (nSPS) is 10.9. The third-order valence-corrected chi connectivity index (χ3v) is 3.57. The monoisotopic (exact) mass is 271 g/mol. The number of rotatable bonds is 2. The topological polar surface area (TPSA) is 30.7 Å². The molecule has 4 aromatic rings. The molecule has 0 amide bonds. The van der Waals surface area contributed by atoms with Crippen molar-refractivity contribution >= 4 is 10.9 Å². The fourth-order valence-electron chi connectivity index (χ4n) is 2.56. The van der Waals surface area contributed by atoms with E-state index in [-0.39, 0.29) is 0 Å². The van der Waals surface area contributed by atoms with Gasteiger partial charge < -0.3 is 4.57 Å². The minimum absolute atomic E-state index is 0.994. The first-order valence-corrected chi connectivity index (χ1v) is 6.85. The fraction of sp³-hybridized carbons (Fsp3) is 0. The lowest BCUT2D eigenvalue weighted by Crippen LogP contribution is -1.92. The van der Waals surface area contributed by atoms with Crippen molar-refractivity contribution in [2.45, 2.75) is 0 Å². The van der Waals surface area contributed by atoms with Crippen molar-refractivity contribution in [3.8, 4) is 16.9 Å². The van der Waals surface area contributed by atoms with Crippen LogP contribution in [0.5, 0.6) is 0 Å². The van der Waals surface area contributed by atoms with E-state index in [1.54, 1.807) is 6.20 Å². The van der Waals surface area contributed by atoms with Gasteiger partial charge in [-0.25, -0.2) is 0 Å². The number of hydrogen-bond acceptors (Lipinski definition) is 2. The molecule has 4 rings (SSSR count). The predicted octanol–water partition coefficient (Wildman–Crippen LogP) is 4.09. The lowest BCUT2D eigenvalue weighted by atomic mass is 10.1. The summed E-state index contributed by atoms with van der Waals surface area (Å²) in [5.74, 6) is 0. The van der Waals surface area contributed by atoms with Gasteiger partial charge in [0, 0.05) is 29.5 Å². The van der Waals surface area contributed by atoms with E-state index in [0.29, 0.717) is 0 Å². The van der Waals surface area contributed by atoms with E-state index in [9.17, 15) is 0 Å². The van der Waals surface area contributed by atoms with Crippen molar-refractivity contribution < 1.29 is 0 Å². The Morgan fingerprint density at radius 3 is 2.67 bits per heavy atom. The van der Waals surface area contributed by atoms with E-state index >= 15 is 0 Å². The molecule has 3 heterocycles. The fourth-order valence-corrected chi connectivity index (χ4v) is 2.56. The minimum atomic E-state index is 0.994. The smallest absolute Gasteiger partial charge is 0.0702 e. The molecular formula is C18H13N3. The zero-order valence-electron chi connectivity index (χ0n) is 11.3. The van der Waals surface area contributed by atoms with E-state index in [1.165, 1.54) is 10.9 Å². The van der Waals surface area contributed by atoms with Crippen molar-refractivity contribution in [2.75, 3.05) is 0 Å². The standard InChI is InChI=1S/C18H13N3/c1-2-10-20-17(5-1)14-6-7-18-15(12-14)8-11-21(18)16-4-3-9-19-13-16/h1-13H. The van der Waals surface area contributed by atoms with E-state index in [1.807, 2.05) is 36.7 Å². The average Bonchev–Trinajstić information content (AvgIpc) is 2.99. The van der Waals surface area contributed by atoms with Gasteiger partial charge in [0.15, 0.2) is 0 Å². The number of nitrogens with zero attached hydrogens (tertiary/aromatic N) is 3. The highest BCUT2D eigenvalue weighted by Crippen LogP contribution is 2.25. The van der Waals surface area contributed by atoms with Gasteiger partial charge in [-0.3, -0.25) is 9.97 Å².